The van der Waals surface area contributed by atoms with E-state index in [0.29, 0.717) is 5.11 Å². The lowest BCUT2D eigenvalue weighted by atomic mass is 10.1. The molecule has 6 heteroatoms. The van der Waals surface area contributed by atoms with E-state index in [4.69, 9.17) is 17.0 Å². The van der Waals surface area contributed by atoms with Crippen LogP contribution >= 0.6 is 24.0 Å². The second-order valence-electron chi connectivity index (χ2n) is 5.99. The van der Waals surface area contributed by atoms with Gasteiger partial charge in [-0.15, -0.1) is 0 Å². The van der Waals surface area contributed by atoms with Gasteiger partial charge in [0.05, 0.1) is 7.11 Å². The first-order valence-corrected chi connectivity index (χ1v) is 10.4. The van der Waals surface area contributed by atoms with Crippen molar-refractivity contribution in [3.63, 3.8) is 0 Å². The van der Waals surface area contributed by atoms with Crippen molar-refractivity contribution in [2.75, 3.05) is 24.7 Å². The van der Waals surface area contributed by atoms with E-state index in [1.54, 1.807) is 13.3 Å². The zero-order valence-corrected chi connectivity index (χ0v) is 16.9. The van der Waals surface area contributed by atoms with E-state index in [-0.39, 0.29) is 0 Å². The molecule has 0 atom stereocenters. The molecule has 0 amide bonds. The highest BCUT2D eigenvalue weighted by Gasteiger charge is 2.08. The van der Waals surface area contributed by atoms with Crippen molar-refractivity contribution in [3.8, 4) is 5.75 Å². The average molecular weight is 398 g/mol. The quantitative estimate of drug-likeness (QED) is 0.418. The smallest absolute Gasteiger partial charge is 0.170 e. The van der Waals surface area contributed by atoms with Gasteiger partial charge in [0, 0.05) is 29.6 Å². The van der Waals surface area contributed by atoms with Crippen LogP contribution in [0.3, 0.4) is 0 Å². The van der Waals surface area contributed by atoms with Crippen LogP contribution in [-0.2, 0) is 5.75 Å². The molecule has 2 aromatic carbocycles. The van der Waals surface area contributed by atoms with Crippen molar-refractivity contribution < 1.29 is 4.74 Å². The first-order valence-electron chi connectivity index (χ1n) is 8.86. The Bertz CT molecular complexity index is 887. The molecule has 0 aliphatic carbocycles. The molecular formula is C21H23N3OS2. The topological polar surface area (TPSA) is 46.2 Å². The largest absolute Gasteiger partial charge is 0.494 e. The van der Waals surface area contributed by atoms with Crippen molar-refractivity contribution >= 4 is 45.7 Å². The summed E-state index contributed by atoms with van der Waals surface area (Å²) in [6, 6.07) is 18.3. The highest BCUT2D eigenvalue weighted by atomic mass is 32.2. The molecule has 0 radical (unpaired) electrons. The third kappa shape index (κ3) is 5.58. The second kappa shape index (κ2) is 10.1. The summed E-state index contributed by atoms with van der Waals surface area (Å²) in [7, 11) is 1.65. The van der Waals surface area contributed by atoms with E-state index in [2.05, 4.69) is 39.9 Å². The molecule has 1 heterocycles. The summed E-state index contributed by atoms with van der Waals surface area (Å²) in [5, 5.41) is 8.16. The summed E-state index contributed by atoms with van der Waals surface area (Å²) >= 11 is 7.38. The fraction of sp³-hybridized carbons (Fsp3) is 0.238. The van der Waals surface area contributed by atoms with Gasteiger partial charge in [-0.25, -0.2) is 0 Å². The number of thiocarbonyl (C=S) groups is 1. The van der Waals surface area contributed by atoms with Crippen molar-refractivity contribution in [2.45, 2.75) is 12.2 Å². The third-order valence-corrected chi connectivity index (χ3v) is 5.42. The first kappa shape index (κ1) is 19.5. The van der Waals surface area contributed by atoms with E-state index in [0.717, 1.165) is 46.8 Å². The Morgan fingerprint density at radius 2 is 1.96 bits per heavy atom. The Labute approximate surface area is 169 Å². The molecule has 3 aromatic rings. The average Bonchev–Trinajstić information content (AvgIpc) is 2.71. The number of nitrogens with zero attached hydrogens (tertiary/aromatic N) is 1. The molecule has 3 rings (SSSR count). The molecule has 2 N–H and O–H groups in total. The normalized spacial score (nSPS) is 10.6. The van der Waals surface area contributed by atoms with Gasteiger partial charge in [-0.1, -0.05) is 30.3 Å². The molecule has 0 saturated carbocycles. The SMILES string of the molecule is COc1ccc(NC(=S)NCCCSCc2ccccc2)c2cccnc12. The van der Waals surface area contributed by atoms with E-state index in [9.17, 15) is 0 Å². The predicted molar refractivity (Wildman–Crippen MR) is 120 cm³/mol. The van der Waals surface area contributed by atoms with Crippen LogP contribution < -0.4 is 15.4 Å². The lowest BCUT2D eigenvalue weighted by Crippen LogP contribution is -2.29. The van der Waals surface area contributed by atoms with Crippen LogP contribution in [0.5, 0.6) is 5.75 Å². The van der Waals surface area contributed by atoms with Gasteiger partial charge in [-0.2, -0.15) is 11.8 Å². The molecular weight excluding hydrogens is 374 g/mol. The Hall–Kier alpha value is -2.31. The number of fused-ring (bicyclic) bond motifs is 1. The molecule has 27 heavy (non-hydrogen) atoms. The van der Waals surface area contributed by atoms with Gasteiger partial charge in [0.25, 0.3) is 0 Å². The Balaban J connectivity index is 1.44. The minimum atomic E-state index is 0.623. The maximum Gasteiger partial charge on any atom is 0.170 e. The molecule has 0 bridgehead atoms. The third-order valence-electron chi connectivity index (χ3n) is 4.06. The highest BCUT2D eigenvalue weighted by Crippen LogP contribution is 2.29. The van der Waals surface area contributed by atoms with Crippen LogP contribution in [0.25, 0.3) is 10.9 Å². The van der Waals surface area contributed by atoms with Crippen LogP contribution in [0.15, 0.2) is 60.8 Å². The number of aromatic nitrogens is 1. The minimum absolute atomic E-state index is 0.623. The summed E-state index contributed by atoms with van der Waals surface area (Å²) < 4.78 is 5.38. The molecule has 4 nitrogen and oxygen atoms in total. The fourth-order valence-corrected chi connectivity index (χ4v) is 3.86. The van der Waals surface area contributed by atoms with Crippen LogP contribution in [-0.4, -0.2) is 29.5 Å². The lowest BCUT2D eigenvalue weighted by Gasteiger charge is -2.13. The second-order valence-corrected chi connectivity index (χ2v) is 7.50. The summed E-state index contributed by atoms with van der Waals surface area (Å²) in [5.74, 6) is 2.90. The van der Waals surface area contributed by atoms with Crippen LogP contribution in [0, 0.1) is 0 Å². The molecule has 0 saturated heterocycles. The summed E-state index contributed by atoms with van der Waals surface area (Å²) in [6.07, 6.45) is 2.82. The number of ether oxygens (including phenoxy) is 1. The standard InChI is InChI=1S/C21H23N3OS2/c1-25-19-11-10-18(17-9-5-12-22-20(17)19)24-21(26)23-13-6-14-27-15-16-7-3-2-4-8-16/h2-5,7-12H,6,13-15H2,1H3,(H2,23,24,26). The number of hydrogen-bond donors (Lipinski definition) is 2. The van der Waals surface area contributed by atoms with Crippen LogP contribution in [0.1, 0.15) is 12.0 Å². The molecule has 0 aliphatic rings. The summed E-state index contributed by atoms with van der Waals surface area (Å²) in [5.41, 5.74) is 3.12. The van der Waals surface area contributed by atoms with Crippen molar-refractivity contribution in [3.05, 3.63) is 66.4 Å². The monoisotopic (exact) mass is 397 g/mol. The van der Waals surface area contributed by atoms with Gasteiger partial charge in [-0.05, 0) is 54.2 Å². The molecule has 0 spiro atoms. The maximum absolute atomic E-state index is 5.43. The zero-order valence-electron chi connectivity index (χ0n) is 15.3. The summed E-state index contributed by atoms with van der Waals surface area (Å²) in [6.45, 7) is 0.847. The van der Waals surface area contributed by atoms with Crippen LogP contribution in [0.2, 0.25) is 0 Å². The van der Waals surface area contributed by atoms with Gasteiger partial charge in [-0.3, -0.25) is 4.98 Å². The van der Waals surface area contributed by atoms with Gasteiger partial charge in [0.2, 0.25) is 0 Å². The molecule has 0 unspecified atom stereocenters. The number of pyridine rings is 1. The Morgan fingerprint density at radius 3 is 2.78 bits per heavy atom. The van der Waals surface area contributed by atoms with E-state index in [1.165, 1.54) is 5.56 Å². The van der Waals surface area contributed by atoms with Crippen LogP contribution in [0.4, 0.5) is 5.69 Å². The number of benzene rings is 2. The number of rotatable bonds is 8. The number of anilines is 1. The van der Waals surface area contributed by atoms with Gasteiger partial charge in [0.1, 0.15) is 11.3 Å². The summed E-state index contributed by atoms with van der Waals surface area (Å²) in [4.78, 5) is 4.41. The molecule has 0 aliphatic heterocycles. The van der Waals surface area contributed by atoms with Crippen molar-refractivity contribution in [2.24, 2.45) is 0 Å². The fourth-order valence-electron chi connectivity index (χ4n) is 2.73. The zero-order chi connectivity index (χ0) is 18.9. The van der Waals surface area contributed by atoms with Crippen molar-refractivity contribution in [1.29, 1.82) is 0 Å². The highest BCUT2D eigenvalue weighted by molar-refractivity contribution is 7.98. The van der Waals surface area contributed by atoms with Gasteiger partial charge >= 0.3 is 0 Å². The maximum atomic E-state index is 5.43. The van der Waals surface area contributed by atoms with E-state index < -0.39 is 0 Å². The first-order chi connectivity index (χ1) is 13.3. The molecule has 140 valence electrons. The van der Waals surface area contributed by atoms with Gasteiger partial charge in [0.15, 0.2) is 5.11 Å². The number of nitrogens with one attached hydrogen (secondary N) is 2. The predicted octanol–water partition coefficient (Wildman–Crippen LogP) is 4.85. The molecule has 1 aromatic heterocycles. The van der Waals surface area contributed by atoms with Gasteiger partial charge < -0.3 is 15.4 Å². The Kier molecular flexibility index (Phi) is 7.30. The van der Waals surface area contributed by atoms with E-state index in [1.807, 2.05) is 42.1 Å². The van der Waals surface area contributed by atoms with Crippen molar-refractivity contribution in [1.82, 2.24) is 10.3 Å². The van der Waals surface area contributed by atoms with E-state index >= 15 is 0 Å². The minimum Gasteiger partial charge on any atom is -0.494 e. The Morgan fingerprint density at radius 1 is 1.11 bits per heavy atom. The lowest BCUT2D eigenvalue weighted by molar-refractivity contribution is 0.419. The number of hydrogen-bond acceptors (Lipinski definition) is 4. The number of thioether (sulfide) groups is 1. The molecule has 0 fully saturated rings. The number of methoxy groups -OCH3 is 1.